The van der Waals surface area contributed by atoms with Gasteiger partial charge in [-0.3, -0.25) is 14.9 Å². The third-order valence-electron chi connectivity index (χ3n) is 4.37. The van der Waals surface area contributed by atoms with Gasteiger partial charge < -0.3 is 4.98 Å². The lowest BCUT2D eigenvalue weighted by Gasteiger charge is -2.10. The molecule has 0 aliphatic carbocycles. The van der Waals surface area contributed by atoms with Gasteiger partial charge in [0.25, 0.3) is 11.2 Å². The summed E-state index contributed by atoms with van der Waals surface area (Å²) in [7, 11) is 0. The molecule has 0 aliphatic rings. The maximum absolute atomic E-state index is 12.3. The maximum Gasteiger partial charge on any atom is 0.269 e. The molecule has 0 fully saturated rings. The van der Waals surface area contributed by atoms with Crippen molar-refractivity contribution in [1.29, 1.82) is 0 Å². The molecule has 1 aromatic heterocycles. The molecule has 0 saturated carbocycles. The summed E-state index contributed by atoms with van der Waals surface area (Å²) in [5, 5.41) is 12.3. The molecule has 9 heteroatoms. The zero-order valence-electron chi connectivity index (χ0n) is 15.9. The number of benzene rings is 2. The van der Waals surface area contributed by atoms with Crippen LogP contribution in [0.2, 0.25) is 10.0 Å². The molecule has 3 aromatic rings. The first kappa shape index (κ1) is 22.1. The van der Waals surface area contributed by atoms with E-state index in [4.69, 9.17) is 23.2 Å². The van der Waals surface area contributed by atoms with E-state index in [9.17, 15) is 14.9 Å². The van der Waals surface area contributed by atoms with Gasteiger partial charge in [-0.2, -0.15) is 0 Å². The van der Waals surface area contributed by atoms with E-state index in [1.54, 1.807) is 37.3 Å². The van der Waals surface area contributed by atoms with Gasteiger partial charge in [-0.15, -0.1) is 0 Å². The van der Waals surface area contributed by atoms with Crippen molar-refractivity contribution < 1.29 is 4.92 Å². The van der Waals surface area contributed by atoms with Crippen molar-refractivity contribution in [2.75, 3.05) is 5.75 Å². The van der Waals surface area contributed by atoms with E-state index < -0.39 is 4.92 Å². The summed E-state index contributed by atoms with van der Waals surface area (Å²) in [6.07, 6.45) is 4.12. The molecular formula is C21H17Cl2N3O3S. The van der Waals surface area contributed by atoms with Crippen molar-refractivity contribution in [3.05, 3.63) is 101 Å². The number of thioether (sulfide) groups is 1. The Balaban J connectivity index is 1.71. The fraction of sp³-hybridized carbons (Fsp3) is 0.143. The van der Waals surface area contributed by atoms with Crippen LogP contribution in [0.5, 0.6) is 0 Å². The van der Waals surface area contributed by atoms with Crippen LogP contribution in [-0.4, -0.2) is 20.6 Å². The molecule has 3 rings (SSSR count). The number of halogens is 2. The van der Waals surface area contributed by atoms with Crippen LogP contribution in [-0.2, 0) is 6.42 Å². The van der Waals surface area contributed by atoms with Crippen LogP contribution in [0.15, 0.2) is 58.5 Å². The highest BCUT2D eigenvalue weighted by Gasteiger charge is 2.13. The van der Waals surface area contributed by atoms with Crippen molar-refractivity contribution >= 4 is 46.7 Å². The number of non-ortho nitro benzene ring substituents is 1. The number of rotatable bonds is 7. The fourth-order valence-electron chi connectivity index (χ4n) is 2.68. The standard InChI is InChI=1S/C21H17Cl2N3O3S/c1-13-19(12-16-17(22)5-2-6-18(16)23)24-21(25-20(13)27)30-11-3-4-14-7-9-15(10-8-14)26(28)29/h2-10H,11-12H2,1H3,(H,24,25,27)/b4-3+. The van der Waals surface area contributed by atoms with Gasteiger partial charge in [0.2, 0.25) is 0 Å². The second-order valence-corrected chi connectivity index (χ2v) is 8.20. The molecule has 154 valence electrons. The minimum Gasteiger partial charge on any atom is -0.301 e. The van der Waals surface area contributed by atoms with Gasteiger partial charge in [-0.25, -0.2) is 4.98 Å². The number of H-pyrrole nitrogens is 1. The quantitative estimate of drug-likeness (QED) is 0.211. The third-order valence-corrected chi connectivity index (χ3v) is 5.90. The molecule has 0 amide bonds. The Morgan fingerprint density at radius 1 is 1.17 bits per heavy atom. The Bertz CT molecular complexity index is 1140. The summed E-state index contributed by atoms with van der Waals surface area (Å²) in [6, 6.07) is 11.5. The predicted molar refractivity (Wildman–Crippen MR) is 122 cm³/mol. The van der Waals surface area contributed by atoms with Gasteiger partial charge in [-0.05, 0) is 42.3 Å². The normalized spacial score (nSPS) is 11.2. The van der Waals surface area contributed by atoms with Crippen LogP contribution < -0.4 is 5.56 Å². The third kappa shape index (κ3) is 5.50. The van der Waals surface area contributed by atoms with Gasteiger partial charge >= 0.3 is 0 Å². The molecule has 0 unspecified atom stereocenters. The molecular weight excluding hydrogens is 445 g/mol. The van der Waals surface area contributed by atoms with Crippen molar-refractivity contribution in [3.63, 3.8) is 0 Å². The lowest BCUT2D eigenvalue weighted by molar-refractivity contribution is -0.384. The molecule has 0 atom stereocenters. The molecule has 6 nitrogen and oxygen atoms in total. The largest absolute Gasteiger partial charge is 0.301 e. The van der Waals surface area contributed by atoms with E-state index in [0.717, 1.165) is 11.1 Å². The second-order valence-electron chi connectivity index (χ2n) is 6.38. The predicted octanol–water partition coefficient (Wildman–Crippen LogP) is 5.69. The Labute approximate surface area is 187 Å². The number of nitro benzene ring substituents is 1. The summed E-state index contributed by atoms with van der Waals surface area (Å²) in [5.74, 6) is 0.565. The number of aromatic amines is 1. The summed E-state index contributed by atoms with van der Waals surface area (Å²) >= 11 is 13.9. The Morgan fingerprint density at radius 3 is 2.47 bits per heavy atom. The lowest BCUT2D eigenvalue weighted by Crippen LogP contribution is -2.16. The summed E-state index contributed by atoms with van der Waals surface area (Å²) in [4.78, 5) is 29.9. The zero-order chi connectivity index (χ0) is 21.7. The summed E-state index contributed by atoms with van der Waals surface area (Å²) < 4.78 is 0. The van der Waals surface area contributed by atoms with E-state index in [1.165, 1.54) is 23.9 Å². The van der Waals surface area contributed by atoms with E-state index in [2.05, 4.69) is 9.97 Å². The van der Waals surface area contributed by atoms with Gasteiger partial charge in [0.1, 0.15) is 0 Å². The first-order chi connectivity index (χ1) is 14.3. The highest BCUT2D eigenvalue weighted by molar-refractivity contribution is 7.99. The summed E-state index contributed by atoms with van der Waals surface area (Å²) in [5.41, 5.74) is 2.57. The van der Waals surface area contributed by atoms with E-state index in [0.29, 0.717) is 38.6 Å². The molecule has 1 heterocycles. The molecule has 0 saturated heterocycles. The summed E-state index contributed by atoms with van der Waals surface area (Å²) in [6.45, 7) is 1.72. The van der Waals surface area contributed by atoms with E-state index >= 15 is 0 Å². The van der Waals surface area contributed by atoms with E-state index in [1.807, 2.05) is 12.2 Å². The van der Waals surface area contributed by atoms with Gasteiger partial charge in [0.05, 0.1) is 10.6 Å². The highest BCUT2D eigenvalue weighted by atomic mass is 35.5. The number of nitrogens with zero attached hydrogens (tertiary/aromatic N) is 2. The maximum atomic E-state index is 12.3. The van der Waals surface area contributed by atoms with Crippen molar-refractivity contribution in [1.82, 2.24) is 9.97 Å². The van der Waals surface area contributed by atoms with Gasteiger partial charge in [0.15, 0.2) is 5.16 Å². The van der Waals surface area contributed by atoms with E-state index in [-0.39, 0.29) is 11.2 Å². The van der Waals surface area contributed by atoms with Crippen molar-refractivity contribution in [2.45, 2.75) is 18.5 Å². The molecule has 1 N–H and O–H groups in total. The number of hydrogen-bond acceptors (Lipinski definition) is 5. The van der Waals surface area contributed by atoms with Crippen LogP contribution >= 0.6 is 35.0 Å². The highest BCUT2D eigenvalue weighted by Crippen LogP contribution is 2.27. The smallest absolute Gasteiger partial charge is 0.269 e. The molecule has 2 aromatic carbocycles. The fourth-order valence-corrected chi connectivity index (χ4v) is 3.90. The van der Waals surface area contributed by atoms with Crippen LogP contribution in [0.1, 0.15) is 22.4 Å². The van der Waals surface area contributed by atoms with Crippen molar-refractivity contribution in [3.8, 4) is 0 Å². The van der Waals surface area contributed by atoms with Crippen LogP contribution in [0, 0.1) is 17.0 Å². The monoisotopic (exact) mass is 461 g/mol. The SMILES string of the molecule is Cc1c(Cc2c(Cl)cccc2Cl)nc(SC/C=C/c2ccc([N+](=O)[O-])cc2)[nH]c1=O. The topological polar surface area (TPSA) is 88.9 Å². The van der Waals surface area contributed by atoms with Crippen LogP contribution in [0.3, 0.4) is 0 Å². The van der Waals surface area contributed by atoms with Crippen LogP contribution in [0.25, 0.3) is 6.08 Å². The second kappa shape index (κ2) is 9.93. The Morgan fingerprint density at radius 2 is 1.83 bits per heavy atom. The number of nitro groups is 1. The van der Waals surface area contributed by atoms with Gasteiger partial charge in [-0.1, -0.05) is 53.2 Å². The van der Waals surface area contributed by atoms with Crippen LogP contribution in [0.4, 0.5) is 5.69 Å². The lowest BCUT2D eigenvalue weighted by atomic mass is 10.1. The molecule has 0 bridgehead atoms. The van der Waals surface area contributed by atoms with Gasteiger partial charge in [0, 0.05) is 39.9 Å². The number of nitrogens with one attached hydrogen (secondary N) is 1. The molecule has 0 aliphatic heterocycles. The zero-order valence-corrected chi connectivity index (χ0v) is 18.2. The minimum atomic E-state index is -0.434. The molecule has 0 spiro atoms. The number of aromatic nitrogens is 2. The van der Waals surface area contributed by atoms with Crippen molar-refractivity contribution in [2.24, 2.45) is 0 Å². The first-order valence-electron chi connectivity index (χ1n) is 8.91. The average molecular weight is 462 g/mol. The first-order valence-corrected chi connectivity index (χ1v) is 10.7. The molecule has 0 radical (unpaired) electrons. The number of hydrogen-bond donors (Lipinski definition) is 1. The Hall–Kier alpha value is -2.61. The average Bonchev–Trinajstić information content (AvgIpc) is 2.71. The molecule has 30 heavy (non-hydrogen) atoms. The Kier molecular flexibility index (Phi) is 7.31. The minimum absolute atomic E-state index is 0.0501.